The zero-order chi connectivity index (χ0) is 20.8. The van der Waals surface area contributed by atoms with Crippen molar-refractivity contribution in [3.05, 3.63) is 57.1 Å². The highest BCUT2D eigenvalue weighted by Crippen LogP contribution is 2.39. The number of carbonyl (C=O) groups excluding carboxylic acids is 1. The average Bonchev–Trinajstić information content (AvgIpc) is 3.35. The molecule has 9 heteroatoms. The van der Waals surface area contributed by atoms with Crippen LogP contribution < -0.4 is 10.5 Å². The molecule has 1 aromatic carbocycles. The number of amides is 1. The van der Waals surface area contributed by atoms with Crippen molar-refractivity contribution in [1.29, 1.82) is 0 Å². The van der Waals surface area contributed by atoms with Gasteiger partial charge in [0, 0.05) is 35.1 Å². The van der Waals surface area contributed by atoms with E-state index in [2.05, 4.69) is 15.3 Å². The molecule has 5 rings (SSSR count). The van der Waals surface area contributed by atoms with Gasteiger partial charge in [0.05, 0.1) is 17.3 Å². The lowest BCUT2D eigenvalue weighted by Crippen LogP contribution is -2.33. The lowest BCUT2D eigenvalue weighted by molar-refractivity contribution is 0.0983. The summed E-state index contributed by atoms with van der Waals surface area (Å²) >= 11 is 1.55. The normalized spacial score (nSPS) is 12.6. The van der Waals surface area contributed by atoms with Crippen LogP contribution >= 0.6 is 11.3 Å². The van der Waals surface area contributed by atoms with Crippen LogP contribution in [0.2, 0.25) is 0 Å². The summed E-state index contributed by atoms with van der Waals surface area (Å²) in [5.74, 6) is -0.262. The Labute approximate surface area is 176 Å². The fraction of sp³-hybridized carbons (Fsp3) is 0.286. The topological polar surface area (TPSA) is 96.8 Å². The molecule has 0 atom stereocenters. The summed E-state index contributed by atoms with van der Waals surface area (Å²) < 4.78 is 1.89. The summed E-state index contributed by atoms with van der Waals surface area (Å²) in [6.45, 7) is 2.53. The van der Waals surface area contributed by atoms with Gasteiger partial charge in [0.2, 0.25) is 0 Å². The molecular weight excluding hydrogens is 400 g/mol. The van der Waals surface area contributed by atoms with Gasteiger partial charge >= 0.3 is 0 Å². The third kappa shape index (κ3) is 2.85. The predicted octanol–water partition coefficient (Wildman–Crippen LogP) is 2.94. The van der Waals surface area contributed by atoms with E-state index in [1.165, 1.54) is 10.6 Å². The van der Waals surface area contributed by atoms with Gasteiger partial charge in [0.15, 0.2) is 10.8 Å². The zero-order valence-corrected chi connectivity index (χ0v) is 17.5. The second-order valence-electron chi connectivity index (χ2n) is 7.30. The Balaban J connectivity index is 1.60. The van der Waals surface area contributed by atoms with Gasteiger partial charge in [-0.05, 0) is 25.3 Å². The summed E-state index contributed by atoms with van der Waals surface area (Å²) in [6, 6.07) is 7.03. The summed E-state index contributed by atoms with van der Waals surface area (Å²) in [7, 11) is 1.94. The molecule has 0 saturated heterocycles. The number of aromatic amines is 1. The summed E-state index contributed by atoms with van der Waals surface area (Å²) in [4.78, 5) is 33.3. The molecule has 4 aromatic rings. The SMILES string of the molecule is CCCN(C(=O)c1n[nH]c(=O)c2ccccc12)c1nc2c(s1)CCc1c-2cnn1C. The molecule has 1 aliphatic rings. The van der Waals surface area contributed by atoms with Crippen molar-refractivity contribution in [3.8, 4) is 11.3 Å². The van der Waals surface area contributed by atoms with Crippen LogP contribution in [0.15, 0.2) is 35.3 Å². The number of hydrogen-bond donors (Lipinski definition) is 1. The first-order valence-corrected chi connectivity index (χ1v) is 10.7. The minimum absolute atomic E-state index is 0.230. The largest absolute Gasteiger partial charge is 0.283 e. The lowest BCUT2D eigenvalue weighted by atomic mass is 10.0. The van der Waals surface area contributed by atoms with E-state index >= 15 is 0 Å². The molecule has 152 valence electrons. The van der Waals surface area contributed by atoms with Crippen LogP contribution in [0, 0.1) is 0 Å². The second kappa shape index (κ2) is 7.17. The first-order valence-electron chi connectivity index (χ1n) is 9.88. The van der Waals surface area contributed by atoms with Crippen molar-refractivity contribution in [2.45, 2.75) is 26.2 Å². The Morgan fingerprint density at radius 3 is 2.87 bits per heavy atom. The minimum atomic E-state index is -0.307. The van der Waals surface area contributed by atoms with Crippen molar-refractivity contribution in [3.63, 3.8) is 0 Å². The molecule has 0 saturated carbocycles. The first kappa shape index (κ1) is 18.7. The first-order chi connectivity index (χ1) is 14.6. The number of carbonyl (C=O) groups is 1. The number of nitrogens with zero attached hydrogens (tertiary/aromatic N) is 5. The quantitative estimate of drug-likeness (QED) is 0.548. The highest BCUT2D eigenvalue weighted by atomic mass is 32.1. The molecule has 0 bridgehead atoms. The highest BCUT2D eigenvalue weighted by molar-refractivity contribution is 7.16. The Hall–Kier alpha value is -3.33. The monoisotopic (exact) mass is 420 g/mol. The zero-order valence-electron chi connectivity index (χ0n) is 16.7. The van der Waals surface area contributed by atoms with Gasteiger partial charge in [0.25, 0.3) is 11.5 Å². The number of H-pyrrole nitrogens is 1. The van der Waals surface area contributed by atoms with Crippen LogP contribution in [0.1, 0.15) is 34.4 Å². The second-order valence-corrected chi connectivity index (χ2v) is 8.36. The number of aromatic nitrogens is 5. The Kier molecular flexibility index (Phi) is 4.47. The van der Waals surface area contributed by atoms with Crippen molar-refractivity contribution in [2.24, 2.45) is 7.05 Å². The third-order valence-corrected chi connectivity index (χ3v) is 6.55. The summed E-state index contributed by atoms with van der Waals surface area (Å²) in [6.07, 6.45) is 4.41. The van der Waals surface area contributed by atoms with Crippen molar-refractivity contribution >= 4 is 33.1 Å². The summed E-state index contributed by atoms with van der Waals surface area (Å²) in [5, 5.41) is 12.6. The number of thiazole rings is 1. The van der Waals surface area contributed by atoms with Crippen LogP contribution in [0.5, 0.6) is 0 Å². The predicted molar refractivity (Wildman–Crippen MR) is 116 cm³/mol. The van der Waals surface area contributed by atoms with E-state index in [-0.39, 0.29) is 17.2 Å². The van der Waals surface area contributed by atoms with E-state index in [1.807, 2.05) is 24.9 Å². The number of anilines is 1. The molecule has 1 amide bonds. The minimum Gasteiger partial charge on any atom is -0.283 e. The van der Waals surface area contributed by atoms with Crippen molar-refractivity contribution in [1.82, 2.24) is 25.0 Å². The van der Waals surface area contributed by atoms with Gasteiger partial charge < -0.3 is 0 Å². The van der Waals surface area contributed by atoms with E-state index in [0.29, 0.717) is 22.4 Å². The maximum atomic E-state index is 13.5. The molecule has 30 heavy (non-hydrogen) atoms. The lowest BCUT2D eigenvalue weighted by Gasteiger charge is -2.19. The number of benzene rings is 1. The van der Waals surface area contributed by atoms with Gasteiger partial charge in [-0.1, -0.05) is 25.1 Å². The van der Waals surface area contributed by atoms with Crippen LogP contribution in [-0.4, -0.2) is 37.4 Å². The molecule has 3 heterocycles. The molecule has 0 fully saturated rings. The highest BCUT2D eigenvalue weighted by Gasteiger charge is 2.29. The molecule has 0 aliphatic heterocycles. The van der Waals surface area contributed by atoms with Gasteiger partial charge in [-0.2, -0.15) is 10.2 Å². The molecule has 0 spiro atoms. The van der Waals surface area contributed by atoms with E-state index in [4.69, 9.17) is 4.98 Å². The Morgan fingerprint density at radius 2 is 2.07 bits per heavy atom. The maximum Gasteiger partial charge on any atom is 0.281 e. The van der Waals surface area contributed by atoms with Gasteiger partial charge in [-0.3, -0.25) is 19.2 Å². The molecule has 0 radical (unpaired) electrons. The maximum absolute atomic E-state index is 13.5. The number of rotatable bonds is 4. The van der Waals surface area contributed by atoms with E-state index in [9.17, 15) is 9.59 Å². The Bertz CT molecular complexity index is 1340. The molecule has 0 unspecified atom stereocenters. The standard InChI is InChI=1S/C21H20N6O2S/c1-3-10-27(20(29)18-12-6-4-5-7-13(12)19(28)25-24-18)21-23-17-14-11-22-26(2)15(14)8-9-16(17)30-21/h4-7,11H,3,8-10H2,1-2H3,(H,25,28). The summed E-state index contributed by atoms with van der Waals surface area (Å²) in [5.41, 5.74) is 3.04. The smallest absolute Gasteiger partial charge is 0.281 e. The Morgan fingerprint density at radius 1 is 1.27 bits per heavy atom. The van der Waals surface area contributed by atoms with Gasteiger partial charge in [-0.25, -0.2) is 10.1 Å². The van der Waals surface area contributed by atoms with Gasteiger partial charge in [0.1, 0.15) is 0 Å². The fourth-order valence-electron chi connectivity index (χ4n) is 3.94. The van der Waals surface area contributed by atoms with Crippen LogP contribution in [0.3, 0.4) is 0 Å². The number of hydrogen-bond acceptors (Lipinski definition) is 6. The fourth-order valence-corrected chi connectivity index (χ4v) is 5.04. The van der Waals surface area contributed by atoms with Crippen molar-refractivity contribution < 1.29 is 4.79 Å². The molecular formula is C21H20N6O2S. The van der Waals surface area contributed by atoms with Gasteiger partial charge in [-0.15, -0.1) is 11.3 Å². The number of nitrogens with one attached hydrogen (secondary N) is 1. The average molecular weight is 420 g/mol. The van der Waals surface area contributed by atoms with Crippen molar-refractivity contribution in [2.75, 3.05) is 11.4 Å². The molecule has 1 N–H and O–H groups in total. The van der Waals surface area contributed by atoms with E-state index in [0.717, 1.165) is 30.5 Å². The van der Waals surface area contributed by atoms with Crippen LogP contribution in [0.25, 0.3) is 22.0 Å². The molecule has 3 aromatic heterocycles. The van der Waals surface area contributed by atoms with Crippen LogP contribution in [-0.2, 0) is 19.9 Å². The number of fused-ring (bicyclic) bond motifs is 4. The van der Waals surface area contributed by atoms with E-state index < -0.39 is 0 Å². The van der Waals surface area contributed by atoms with E-state index in [1.54, 1.807) is 40.5 Å². The molecule has 1 aliphatic carbocycles. The van der Waals surface area contributed by atoms with Crippen LogP contribution in [0.4, 0.5) is 5.13 Å². The third-order valence-electron chi connectivity index (χ3n) is 5.41. The number of aryl methyl sites for hydroxylation is 2. The molecule has 8 nitrogen and oxygen atoms in total.